The number of ether oxygens (including phenoxy) is 1. The highest BCUT2D eigenvalue weighted by Crippen LogP contribution is 2.41. The van der Waals surface area contributed by atoms with Crippen LogP contribution in [0.15, 0.2) is 67.4 Å². The summed E-state index contributed by atoms with van der Waals surface area (Å²) in [5.41, 5.74) is 1.39. The molecule has 1 aromatic heterocycles. The largest absolute Gasteiger partial charge is 0.497 e. The maximum absolute atomic E-state index is 15.2. The predicted octanol–water partition coefficient (Wildman–Crippen LogP) is 5.87. The molecule has 0 aliphatic rings. The fourth-order valence-electron chi connectivity index (χ4n) is 3.17. The van der Waals surface area contributed by atoms with Crippen LogP contribution in [0.2, 0.25) is 0 Å². The molecule has 9 heteroatoms. The van der Waals surface area contributed by atoms with E-state index >= 15 is 8.78 Å². The van der Waals surface area contributed by atoms with Gasteiger partial charge in [0.25, 0.3) is 5.92 Å². The first-order valence-corrected chi connectivity index (χ1v) is 10.6. The van der Waals surface area contributed by atoms with Gasteiger partial charge < -0.3 is 20.3 Å². The van der Waals surface area contributed by atoms with Gasteiger partial charge in [0.2, 0.25) is 11.9 Å². The molecule has 3 aromatic rings. The third kappa shape index (κ3) is 5.48. The van der Waals surface area contributed by atoms with Gasteiger partial charge >= 0.3 is 0 Å². The highest BCUT2D eigenvalue weighted by molar-refractivity contribution is 5.99. The lowest BCUT2D eigenvalue weighted by atomic mass is 9.99. The van der Waals surface area contributed by atoms with Crippen molar-refractivity contribution in [2.45, 2.75) is 19.8 Å². The van der Waals surface area contributed by atoms with Crippen molar-refractivity contribution >= 4 is 34.7 Å². The highest BCUT2D eigenvalue weighted by atomic mass is 19.3. The number of alkyl halides is 2. The molecule has 0 saturated carbocycles. The smallest absolute Gasteiger partial charge is 0.280 e. The molecular formula is C25H27F2N5O2. The first-order valence-electron chi connectivity index (χ1n) is 10.6. The molecule has 7 nitrogen and oxygen atoms in total. The first-order chi connectivity index (χ1) is 16.1. The minimum Gasteiger partial charge on any atom is -0.497 e. The molecule has 34 heavy (non-hydrogen) atoms. The van der Waals surface area contributed by atoms with E-state index in [-0.39, 0.29) is 23.2 Å². The van der Waals surface area contributed by atoms with Gasteiger partial charge in [-0.15, -0.1) is 0 Å². The number of carbonyl (C=O) groups excluding carboxylic acids is 1. The number of nitrogens with zero attached hydrogens (tertiary/aromatic N) is 3. The second kappa shape index (κ2) is 10.3. The topological polar surface area (TPSA) is 79.4 Å². The minimum absolute atomic E-state index is 0.0336. The molecule has 0 aliphatic carbocycles. The van der Waals surface area contributed by atoms with E-state index in [0.717, 1.165) is 12.3 Å². The molecule has 0 bridgehead atoms. The van der Waals surface area contributed by atoms with Crippen molar-refractivity contribution in [1.82, 2.24) is 9.97 Å². The van der Waals surface area contributed by atoms with E-state index < -0.39 is 11.8 Å². The molecule has 0 spiro atoms. The average Bonchev–Trinajstić information content (AvgIpc) is 2.83. The van der Waals surface area contributed by atoms with Crippen LogP contribution in [-0.4, -0.2) is 30.0 Å². The highest BCUT2D eigenvalue weighted by Gasteiger charge is 2.40. The van der Waals surface area contributed by atoms with E-state index in [9.17, 15) is 4.79 Å². The molecule has 2 N–H and O–H groups in total. The van der Waals surface area contributed by atoms with Crippen molar-refractivity contribution < 1.29 is 18.3 Å². The summed E-state index contributed by atoms with van der Waals surface area (Å²) in [6, 6.07) is 13.9. The summed E-state index contributed by atoms with van der Waals surface area (Å²) in [4.78, 5) is 21.8. The summed E-state index contributed by atoms with van der Waals surface area (Å²) in [6.45, 7) is 6.32. The first kappa shape index (κ1) is 24.6. The van der Waals surface area contributed by atoms with Gasteiger partial charge in [0.15, 0.2) is 0 Å². The zero-order chi connectivity index (χ0) is 24.9. The van der Waals surface area contributed by atoms with E-state index in [0.29, 0.717) is 22.8 Å². The van der Waals surface area contributed by atoms with Gasteiger partial charge in [-0.2, -0.15) is 4.98 Å². The van der Waals surface area contributed by atoms with Gasteiger partial charge in [0.05, 0.1) is 12.7 Å². The lowest BCUT2D eigenvalue weighted by Gasteiger charge is -2.27. The van der Waals surface area contributed by atoms with E-state index in [4.69, 9.17) is 4.74 Å². The Bertz CT molecular complexity index is 1180. The Morgan fingerprint density at radius 1 is 1.18 bits per heavy atom. The van der Waals surface area contributed by atoms with Crippen LogP contribution in [0, 0.1) is 5.92 Å². The van der Waals surface area contributed by atoms with Crippen molar-refractivity contribution in [3.05, 3.63) is 72.9 Å². The molecule has 0 atom stereocenters. The average molecular weight is 468 g/mol. The summed E-state index contributed by atoms with van der Waals surface area (Å²) in [6.07, 6.45) is 2.29. The third-order valence-electron chi connectivity index (χ3n) is 5.18. The van der Waals surface area contributed by atoms with Crippen molar-refractivity contribution in [3.63, 3.8) is 0 Å². The second-order valence-corrected chi connectivity index (χ2v) is 7.87. The van der Waals surface area contributed by atoms with Gasteiger partial charge in [-0.1, -0.05) is 32.6 Å². The van der Waals surface area contributed by atoms with Crippen LogP contribution >= 0.6 is 0 Å². The summed E-state index contributed by atoms with van der Waals surface area (Å²) in [5.74, 6) is -3.71. The van der Waals surface area contributed by atoms with Crippen LogP contribution in [-0.2, 0) is 10.7 Å². The minimum atomic E-state index is -3.17. The molecule has 2 aromatic carbocycles. The molecule has 0 aliphatic heterocycles. The Morgan fingerprint density at radius 2 is 1.88 bits per heavy atom. The number of halogens is 2. The summed E-state index contributed by atoms with van der Waals surface area (Å²) in [7, 11) is 3.18. The summed E-state index contributed by atoms with van der Waals surface area (Å²) >= 11 is 0. The molecule has 0 fully saturated rings. The second-order valence-electron chi connectivity index (χ2n) is 7.87. The van der Waals surface area contributed by atoms with Crippen LogP contribution in [0.25, 0.3) is 0 Å². The Kier molecular flexibility index (Phi) is 7.45. The van der Waals surface area contributed by atoms with Crippen molar-refractivity contribution in [3.8, 4) is 5.75 Å². The molecule has 0 unspecified atom stereocenters. The number of hydrogen-bond acceptors (Lipinski definition) is 6. The van der Waals surface area contributed by atoms with Crippen molar-refractivity contribution in [2.24, 2.45) is 5.92 Å². The fourth-order valence-corrected chi connectivity index (χ4v) is 3.17. The number of rotatable bonds is 9. The van der Waals surface area contributed by atoms with Crippen LogP contribution in [0.4, 0.5) is 37.6 Å². The number of hydrogen-bond donors (Lipinski definition) is 2. The number of benzene rings is 2. The predicted molar refractivity (Wildman–Crippen MR) is 130 cm³/mol. The number of anilines is 5. The normalized spacial score (nSPS) is 11.1. The Morgan fingerprint density at radius 3 is 2.56 bits per heavy atom. The van der Waals surface area contributed by atoms with E-state index in [1.807, 2.05) is 0 Å². The number of carbonyl (C=O) groups is 1. The summed E-state index contributed by atoms with van der Waals surface area (Å²) in [5, 5.41) is 5.70. The Hall–Kier alpha value is -4.01. The lowest BCUT2D eigenvalue weighted by molar-refractivity contribution is -0.111. The van der Waals surface area contributed by atoms with Gasteiger partial charge in [0.1, 0.15) is 11.6 Å². The molecule has 178 valence electrons. The van der Waals surface area contributed by atoms with Crippen LogP contribution in [0.1, 0.15) is 19.4 Å². The van der Waals surface area contributed by atoms with Gasteiger partial charge in [0, 0.05) is 42.3 Å². The van der Waals surface area contributed by atoms with Crippen LogP contribution in [0.5, 0.6) is 5.75 Å². The van der Waals surface area contributed by atoms with Gasteiger partial charge in [-0.25, -0.2) is 13.8 Å². The SMILES string of the molecule is C=CC(=O)Nc1cccc(N(C)c2nc(Nc3cccc(OC)c3)ncc2C(F)(F)C(C)C)c1. The van der Waals surface area contributed by atoms with E-state index in [1.54, 1.807) is 62.7 Å². The standard InChI is InChI=1S/C25H27F2N5O2/c1-6-22(33)29-17-9-7-11-19(13-17)32(4)23-21(25(26,27)16(2)3)15-28-24(31-23)30-18-10-8-12-20(14-18)34-5/h6-16H,1H2,2-5H3,(H,29,33)(H,28,30,31). The van der Waals surface area contributed by atoms with Crippen molar-refractivity contribution in [1.29, 1.82) is 0 Å². The van der Waals surface area contributed by atoms with Crippen molar-refractivity contribution in [2.75, 3.05) is 29.7 Å². The van der Waals surface area contributed by atoms with E-state index in [1.165, 1.54) is 18.7 Å². The fraction of sp³-hybridized carbons (Fsp3) is 0.240. The monoisotopic (exact) mass is 467 g/mol. The van der Waals surface area contributed by atoms with Gasteiger partial charge in [-0.05, 0) is 36.4 Å². The van der Waals surface area contributed by atoms with Crippen LogP contribution in [0.3, 0.4) is 0 Å². The zero-order valence-electron chi connectivity index (χ0n) is 19.5. The number of methoxy groups -OCH3 is 1. The van der Waals surface area contributed by atoms with Gasteiger partial charge in [-0.3, -0.25) is 4.79 Å². The molecule has 3 rings (SSSR count). The number of nitrogens with one attached hydrogen (secondary N) is 2. The Labute approximate surface area is 197 Å². The lowest BCUT2D eigenvalue weighted by Crippen LogP contribution is -2.26. The maximum Gasteiger partial charge on any atom is 0.280 e. The molecular weight excluding hydrogens is 440 g/mol. The zero-order valence-corrected chi connectivity index (χ0v) is 19.5. The summed E-state index contributed by atoms with van der Waals surface area (Å²) < 4.78 is 35.5. The molecule has 1 amide bonds. The number of amides is 1. The third-order valence-corrected chi connectivity index (χ3v) is 5.18. The maximum atomic E-state index is 15.2. The number of aromatic nitrogens is 2. The van der Waals surface area contributed by atoms with E-state index in [2.05, 4.69) is 27.2 Å². The Balaban J connectivity index is 2.05. The quantitative estimate of drug-likeness (QED) is 0.383. The molecule has 0 saturated heterocycles. The molecule has 0 radical (unpaired) electrons. The molecule has 1 heterocycles. The van der Waals surface area contributed by atoms with Crippen LogP contribution < -0.4 is 20.3 Å².